The van der Waals surface area contributed by atoms with E-state index < -0.39 is 0 Å². The lowest BCUT2D eigenvalue weighted by atomic mass is 10.1. The monoisotopic (exact) mass is 352 g/mol. The largest absolute Gasteiger partial charge is 0.354 e. The van der Waals surface area contributed by atoms with Crippen LogP contribution in [0.25, 0.3) is 0 Å². The maximum absolute atomic E-state index is 12.7. The van der Waals surface area contributed by atoms with Gasteiger partial charge in [-0.15, -0.1) is 11.8 Å². The maximum Gasteiger partial charge on any atom is 0.242 e. The number of allylic oxidation sites excluding steroid dienone is 1. The summed E-state index contributed by atoms with van der Waals surface area (Å²) < 4.78 is 0. The van der Waals surface area contributed by atoms with Crippen LogP contribution in [0.4, 0.5) is 0 Å². The molecule has 136 valence electrons. The van der Waals surface area contributed by atoms with Crippen LogP contribution < -0.4 is 5.32 Å². The normalized spacial score (nSPS) is 18.8. The van der Waals surface area contributed by atoms with Crippen LogP contribution in [0.5, 0.6) is 0 Å². The molecule has 2 amide bonds. The molecular weight excluding hydrogens is 320 g/mol. The van der Waals surface area contributed by atoms with Crippen molar-refractivity contribution >= 4 is 23.6 Å². The van der Waals surface area contributed by atoms with Crippen molar-refractivity contribution in [1.29, 1.82) is 0 Å². The maximum atomic E-state index is 12.7. The quantitative estimate of drug-likeness (QED) is 0.598. The van der Waals surface area contributed by atoms with Crippen LogP contribution in [0.2, 0.25) is 0 Å². The third-order valence-corrected chi connectivity index (χ3v) is 4.92. The molecule has 0 aliphatic carbocycles. The molecule has 1 saturated heterocycles. The molecule has 0 bridgehead atoms. The zero-order valence-corrected chi connectivity index (χ0v) is 15.9. The van der Waals surface area contributed by atoms with Crippen LogP contribution in [-0.4, -0.2) is 35.8 Å². The molecule has 1 unspecified atom stereocenters. The van der Waals surface area contributed by atoms with Crippen molar-refractivity contribution in [2.24, 2.45) is 0 Å². The molecule has 0 aromatic carbocycles. The number of hydrogen-bond acceptors (Lipinski definition) is 3. The van der Waals surface area contributed by atoms with Crippen LogP contribution in [0.15, 0.2) is 23.0 Å². The van der Waals surface area contributed by atoms with E-state index in [0.717, 1.165) is 51.5 Å². The minimum atomic E-state index is -0.317. The van der Waals surface area contributed by atoms with Gasteiger partial charge in [-0.3, -0.25) is 9.59 Å². The van der Waals surface area contributed by atoms with Crippen LogP contribution in [0, 0.1) is 0 Å². The van der Waals surface area contributed by atoms with Gasteiger partial charge < -0.3 is 10.2 Å². The molecule has 0 spiro atoms. The van der Waals surface area contributed by atoms with Crippen molar-refractivity contribution in [1.82, 2.24) is 10.2 Å². The molecule has 1 N–H and O–H groups in total. The Balaban J connectivity index is 2.67. The van der Waals surface area contributed by atoms with Crippen LogP contribution in [0.1, 0.15) is 65.2 Å². The number of carbonyl (C=O) groups excluding carboxylic acids is 2. The second kappa shape index (κ2) is 13.1. The number of hydrogen-bond donors (Lipinski definition) is 1. The molecule has 24 heavy (non-hydrogen) atoms. The van der Waals surface area contributed by atoms with E-state index in [1.807, 2.05) is 29.9 Å². The number of carbonyl (C=O) groups is 2. The molecule has 0 aromatic rings. The summed E-state index contributed by atoms with van der Waals surface area (Å²) in [6.07, 6.45) is 11.6. The van der Waals surface area contributed by atoms with E-state index in [1.54, 1.807) is 16.7 Å². The van der Waals surface area contributed by atoms with E-state index in [0.29, 0.717) is 13.0 Å². The zero-order chi connectivity index (χ0) is 17.6. The molecule has 4 nitrogen and oxygen atoms in total. The standard InChI is InChI=1S/C19H32N2O2S/c1-3-5-6-7-12-18(22)21(14-10-16-24-15-4-2)17-11-8-9-13-20-19(17)23/h4,10,15-17H,3,5-9,11-14H2,1-2H3,(H,20,23)/b15-4-,16-10+. The summed E-state index contributed by atoms with van der Waals surface area (Å²) in [5, 5.41) is 6.91. The van der Waals surface area contributed by atoms with Gasteiger partial charge in [0.05, 0.1) is 0 Å². The first-order chi connectivity index (χ1) is 11.7. The Morgan fingerprint density at radius 3 is 2.88 bits per heavy atom. The summed E-state index contributed by atoms with van der Waals surface area (Å²) >= 11 is 1.58. The fourth-order valence-corrected chi connectivity index (χ4v) is 3.25. The molecule has 1 heterocycles. The number of nitrogens with one attached hydrogen (secondary N) is 1. The van der Waals surface area contributed by atoms with Gasteiger partial charge in [0, 0.05) is 19.5 Å². The first-order valence-electron chi connectivity index (χ1n) is 9.19. The van der Waals surface area contributed by atoms with Crippen LogP contribution >= 0.6 is 11.8 Å². The van der Waals surface area contributed by atoms with E-state index in [4.69, 9.17) is 0 Å². The van der Waals surface area contributed by atoms with E-state index >= 15 is 0 Å². The highest BCUT2D eigenvalue weighted by Crippen LogP contribution is 2.16. The Morgan fingerprint density at radius 1 is 1.29 bits per heavy atom. The highest BCUT2D eigenvalue weighted by molar-refractivity contribution is 8.04. The van der Waals surface area contributed by atoms with Gasteiger partial charge in [0.2, 0.25) is 11.8 Å². The van der Waals surface area contributed by atoms with Gasteiger partial charge >= 0.3 is 0 Å². The van der Waals surface area contributed by atoms with Crippen molar-refractivity contribution < 1.29 is 9.59 Å². The Hall–Kier alpha value is -1.23. The first-order valence-corrected chi connectivity index (χ1v) is 10.1. The highest BCUT2D eigenvalue weighted by atomic mass is 32.2. The molecule has 1 aliphatic rings. The van der Waals surface area contributed by atoms with Crippen LogP contribution in [-0.2, 0) is 9.59 Å². The predicted octanol–water partition coefficient (Wildman–Crippen LogP) is 4.23. The first kappa shape index (κ1) is 20.8. The average molecular weight is 353 g/mol. The molecule has 1 fully saturated rings. The lowest BCUT2D eigenvalue weighted by Crippen LogP contribution is -2.48. The van der Waals surface area contributed by atoms with Gasteiger partial charge in [-0.1, -0.05) is 38.3 Å². The molecule has 0 radical (unpaired) electrons. The lowest BCUT2D eigenvalue weighted by Gasteiger charge is -2.29. The molecule has 1 aliphatic heterocycles. The van der Waals surface area contributed by atoms with Gasteiger partial charge in [-0.2, -0.15) is 0 Å². The summed E-state index contributed by atoms with van der Waals surface area (Å²) in [5.74, 6) is 0.109. The van der Waals surface area contributed by atoms with Crippen LogP contribution in [0.3, 0.4) is 0 Å². The predicted molar refractivity (Wildman–Crippen MR) is 103 cm³/mol. The van der Waals surface area contributed by atoms with Gasteiger partial charge in [-0.25, -0.2) is 0 Å². The number of rotatable bonds is 10. The topological polar surface area (TPSA) is 49.4 Å². The fourth-order valence-electron chi connectivity index (χ4n) is 2.81. The Bertz CT molecular complexity index is 435. The third-order valence-electron chi connectivity index (χ3n) is 4.14. The van der Waals surface area contributed by atoms with Gasteiger partial charge in [0.25, 0.3) is 0 Å². The van der Waals surface area contributed by atoms with Gasteiger partial charge in [0.1, 0.15) is 6.04 Å². The molecule has 5 heteroatoms. The average Bonchev–Trinajstić information content (AvgIpc) is 2.79. The number of unbranched alkanes of at least 4 members (excludes halogenated alkanes) is 3. The smallest absolute Gasteiger partial charge is 0.242 e. The summed E-state index contributed by atoms with van der Waals surface area (Å²) in [5.41, 5.74) is 0. The minimum absolute atomic E-state index is 0.00363. The van der Waals surface area contributed by atoms with Gasteiger partial charge in [-0.05, 0) is 43.4 Å². The molecule has 1 atom stereocenters. The Morgan fingerprint density at radius 2 is 2.12 bits per heavy atom. The van der Waals surface area contributed by atoms with E-state index in [-0.39, 0.29) is 17.9 Å². The number of amides is 2. The summed E-state index contributed by atoms with van der Waals surface area (Å²) in [6, 6.07) is -0.317. The fraction of sp³-hybridized carbons (Fsp3) is 0.684. The Kier molecular flexibility index (Phi) is 11.4. The summed E-state index contributed by atoms with van der Waals surface area (Å²) in [6.45, 7) is 5.37. The third kappa shape index (κ3) is 8.04. The lowest BCUT2D eigenvalue weighted by molar-refractivity contribution is -0.140. The van der Waals surface area contributed by atoms with Crippen molar-refractivity contribution in [2.45, 2.75) is 71.3 Å². The summed E-state index contributed by atoms with van der Waals surface area (Å²) in [4.78, 5) is 26.8. The van der Waals surface area contributed by atoms with E-state index in [9.17, 15) is 9.59 Å². The molecule has 0 saturated carbocycles. The molecule has 0 aromatic heterocycles. The molecular formula is C19H32N2O2S. The summed E-state index contributed by atoms with van der Waals surface area (Å²) in [7, 11) is 0. The van der Waals surface area contributed by atoms with E-state index in [2.05, 4.69) is 12.2 Å². The second-order valence-electron chi connectivity index (χ2n) is 6.14. The van der Waals surface area contributed by atoms with E-state index in [1.165, 1.54) is 0 Å². The minimum Gasteiger partial charge on any atom is -0.354 e. The van der Waals surface area contributed by atoms with Gasteiger partial charge in [0.15, 0.2) is 0 Å². The Labute approximate surface area is 151 Å². The van der Waals surface area contributed by atoms with Crippen molar-refractivity contribution in [3.8, 4) is 0 Å². The van der Waals surface area contributed by atoms with Crippen molar-refractivity contribution in [3.63, 3.8) is 0 Å². The van der Waals surface area contributed by atoms with Crippen molar-refractivity contribution in [3.05, 3.63) is 23.0 Å². The second-order valence-corrected chi connectivity index (χ2v) is 6.95. The molecule has 1 rings (SSSR count). The number of thioether (sulfide) groups is 1. The zero-order valence-electron chi connectivity index (χ0n) is 15.1. The highest BCUT2D eigenvalue weighted by Gasteiger charge is 2.29. The van der Waals surface area contributed by atoms with Crippen molar-refractivity contribution in [2.75, 3.05) is 13.1 Å². The number of nitrogens with zero attached hydrogens (tertiary/aromatic N) is 1. The SMILES string of the molecule is C/C=C\S/C=C/CN(C(=O)CCCCCC)C1CCCCNC1=O.